The molecule has 0 aromatic rings. The topological polar surface area (TPSA) is 20.3 Å². The fraction of sp³-hybridized carbons (Fsp3) is 0.182. The molecule has 0 aromatic carbocycles. The number of halogens is 1. The smallest absolute Gasteiger partial charge is 0.309 e. The summed E-state index contributed by atoms with van der Waals surface area (Å²) in [5.41, 5.74) is 0. The first-order chi connectivity index (χ1) is 6.79. The van der Waals surface area contributed by atoms with Gasteiger partial charge in [-0.2, -0.15) is 0 Å². The lowest BCUT2D eigenvalue weighted by Crippen LogP contribution is -2.40. The predicted octanol–water partition coefficient (Wildman–Crippen LogP) is 2.64. The molecular formula is C11H10ClNO. The van der Waals surface area contributed by atoms with Crippen molar-refractivity contribution < 1.29 is 4.79 Å². The molecule has 0 N–H and O–H groups in total. The Morgan fingerprint density at radius 3 is 1.57 bits per heavy atom. The van der Waals surface area contributed by atoms with Gasteiger partial charge in [-0.15, -0.1) is 0 Å². The number of allylic oxidation sites excluding steroid dienone is 4. The molecule has 0 radical (unpaired) electrons. The molecule has 0 spiro atoms. The highest BCUT2D eigenvalue weighted by Crippen LogP contribution is 2.19. The minimum absolute atomic E-state index is 0.0163. The van der Waals surface area contributed by atoms with Gasteiger partial charge in [-0.1, -0.05) is 48.6 Å². The largest absolute Gasteiger partial charge is 0.317 e. The van der Waals surface area contributed by atoms with Crippen LogP contribution in [-0.2, 0) is 0 Å². The third-order valence-corrected chi connectivity index (χ3v) is 2.50. The summed E-state index contributed by atoms with van der Waals surface area (Å²) in [6.07, 6.45) is 15.4. The van der Waals surface area contributed by atoms with Crippen molar-refractivity contribution in [3.8, 4) is 0 Å². The normalized spacial score (nSPS) is 19.8. The van der Waals surface area contributed by atoms with Crippen LogP contribution in [0.4, 0.5) is 4.79 Å². The Kier molecular flexibility index (Phi) is 2.55. The van der Waals surface area contributed by atoms with Gasteiger partial charge in [0.1, 0.15) is 0 Å². The summed E-state index contributed by atoms with van der Waals surface area (Å²) in [5, 5.41) is -0.424. The van der Waals surface area contributed by atoms with Crippen LogP contribution in [0.5, 0.6) is 0 Å². The zero-order valence-electron chi connectivity index (χ0n) is 7.51. The van der Waals surface area contributed by atoms with Crippen molar-refractivity contribution in [3.63, 3.8) is 0 Å². The molecule has 0 unspecified atom stereocenters. The highest BCUT2D eigenvalue weighted by atomic mass is 35.5. The molecule has 0 heterocycles. The number of hydrogen-bond donors (Lipinski definition) is 0. The van der Waals surface area contributed by atoms with Gasteiger partial charge in [0.15, 0.2) is 0 Å². The van der Waals surface area contributed by atoms with E-state index in [1.54, 1.807) is 4.90 Å². The van der Waals surface area contributed by atoms with Crippen molar-refractivity contribution in [1.82, 2.24) is 4.90 Å². The van der Waals surface area contributed by atoms with Gasteiger partial charge >= 0.3 is 5.37 Å². The van der Waals surface area contributed by atoms with Gasteiger partial charge in [0, 0.05) is 0 Å². The van der Waals surface area contributed by atoms with E-state index in [0.29, 0.717) is 0 Å². The van der Waals surface area contributed by atoms with Gasteiger partial charge in [-0.3, -0.25) is 4.79 Å². The molecule has 3 heteroatoms. The Labute approximate surface area is 87.8 Å². The molecule has 0 bridgehead atoms. The molecule has 0 fully saturated rings. The van der Waals surface area contributed by atoms with E-state index in [1.807, 2.05) is 48.6 Å². The van der Waals surface area contributed by atoms with Gasteiger partial charge in [0.05, 0.1) is 12.1 Å². The van der Waals surface area contributed by atoms with Gasteiger partial charge in [0.25, 0.3) is 0 Å². The third-order valence-electron chi connectivity index (χ3n) is 2.30. The van der Waals surface area contributed by atoms with Crippen molar-refractivity contribution in [2.75, 3.05) is 0 Å². The predicted molar refractivity (Wildman–Crippen MR) is 57.2 cm³/mol. The first-order valence-electron chi connectivity index (χ1n) is 4.47. The average molecular weight is 208 g/mol. The van der Waals surface area contributed by atoms with E-state index in [9.17, 15) is 4.79 Å². The van der Waals surface area contributed by atoms with Crippen molar-refractivity contribution in [3.05, 3.63) is 48.6 Å². The van der Waals surface area contributed by atoms with Gasteiger partial charge in [-0.25, -0.2) is 0 Å². The molecule has 14 heavy (non-hydrogen) atoms. The number of carbonyl (C=O) groups excluding carboxylic acids is 1. The highest BCUT2D eigenvalue weighted by molar-refractivity contribution is 6.63. The lowest BCUT2D eigenvalue weighted by Gasteiger charge is -2.28. The van der Waals surface area contributed by atoms with Crippen molar-refractivity contribution in [2.45, 2.75) is 12.1 Å². The molecule has 0 aliphatic heterocycles. The number of nitrogens with zero attached hydrogens (tertiary/aromatic N) is 1. The minimum atomic E-state index is -0.424. The summed E-state index contributed by atoms with van der Waals surface area (Å²) in [4.78, 5) is 12.9. The Morgan fingerprint density at radius 2 is 1.29 bits per heavy atom. The monoisotopic (exact) mass is 207 g/mol. The molecular weight excluding hydrogens is 198 g/mol. The quantitative estimate of drug-likeness (QED) is 0.504. The van der Waals surface area contributed by atoms with Crippen LogP contribution >= 0.6 is 11.6 Å². The Bertz CT molecular complexity index is 302. The van der Waals surface area contributed by atoms with Crippen molar-refractivity contribution >= 4 is 17.0 Å². The van der Waals surface area contributed by atoms with E-state index in [-0.39, 0.29) is 12.1 Å². The summed E-state index contributed by atoms with van der Waals surface area (Å²) < 4.78 is 0. The summed E-state index contributed by atoms with van der Waals surface area (Å²) in [6.45, 7) is 0. The lowest BCUT2D eigenvalue weighted by molar-refractivity contribution is 0.214. The van der Waals surface area contributed by atoms with Crippen LogP contribution in [0.25, 0.3) is 0 Å². The van der Waals surface area contributed by atoms with Crippen LogP contribution in [-0.4, -0.2) is 22.3 Å². The highest BCUT2D eigenvalue weighted by Gasteiger charge is 2.25. The van der Waals surface area contributed by atoms with Gasteiger partial charge < -0.3 is 4.90 Å². The van der Waals surface area contributed by atoms with E-state index < -0.39 is 5.37 Å². The molecule has 2 nitrogen and oxygen atoms in total. The Balaban J connectivity index is 2.19. The summed E-state index contributed by atoms with van der Waals surface area (Å²) in [6, 6.07) is -0.0326. The molecule has 2 rings (SSSR count). The molecule has 2 aliphatic rings. The minimum Gasteiger partial charge on any atom is -0.309 e. The first kappa shape index (κ1) is 9.28. The maximum atomic E-state index is 11.3. The van der Waals surface area contributed by atoms with Crippen molar-refractivity contribution in [2.24, 2.45) is 0 Å². The first-order valence-corrected chi connectivity index (χ1v) is 4.84. The van der Waals surface area contributed by atoms with Gasteiger partial charge in [0.2, 0.25) is 0 Å². The molecule has 2 aliphatic carbocycles. The molecule has 72 valence electrons. The molecule has 0 saturated carbocycles. The number of hydrogen-bond acceptors (Lipinski definition) is 1. The maximum absolute atomic E-state index is 11.3. The van der Waals surface area contributed by atoms with Crippen LogP contribution in [0, 0.1) is 0 Å². The van der Waals surface area contributed by atoms with Crippen LogP contribution < -0.4 is 0 Å². The van der Waals surface area contributed by atoms with E-state index in [4.69, 9.17) is 11.6 Å². The SMILES string of the molecule is O=C(Cl)N(C1C=CC=C1)C1C=CC=C1. The third kappa shape index (κ3) is 1.66. The molecule has 0 atom stereocenters. The standard InChI is InChI=1S/C11H10ClNO/c12-11(14)13(9-5-1-2-6-9)10-7-3-4-8-10/h1-10H. The second-order valence-electron chi connectivity index (χ2n) is 3.18. The molecule has 0 saturated heterocycles. The van der Waals surface area contributed by atoms with E-state index in [1.165, 1.54) is 0 Å². The summed E-state index contributed by atoms with van der Waals surface area (Å²) in [7, 11) is 0. The van der Waals surface area contributed by atoms with E-state index in [2.05, 4.69) is 0 Å². The summed E-state index contributed by atoms with van der Waals surface area (Å²) >= 11 is 5.56. The van der Waals surface area contributed by atoms with Gasteiger partial charge in [-0.05, 0) is 11.6 Å². The Morgan fingerprint density at radius 1 is 0.929 bits per heavy atom. The lowest BCUT2D eigenvalue weighted by atomic mass is 10.2. The average Bonchev–Trinajstić information content (AvgIpc) is 2.75. The summed E-state index contributed by atoms with van der Waals surface area (Å²) in [5.74, 6) is 0. The molecule has 0 aromatic heterocycles. The van der Waals surface area contributed by atoms with Crippen LogP contribution in [0.2, 0.25) is 0 Å². The van der Waals surface area contributed by atoms with Crippen molar-refractivity contribution in [1.29, 1.82) is 0 Å². The maximum Gasteiger partial charge on any atom is 0.317 e. The van der Waals surface area contributed by atoms with E-state index >= 15 is 0 Å². The fourth-order valence-electron chi connectivity index (χ4n) is 1.64. The van der Waals surface area contributed by atoms with Crippen LogP contribution in [0.1, 0.15) is 0 Å². The second kappa shape index (κ2) is 3.84. The second-order valence-corrected chi connectivity index (χ2v) is 3.50. The Hall–Kier alpha value is -1.28. The zero-order valence-corrected chi connectivity index (χ0v) is 8.26. The number of amides is 1. The fourth-order valence-corrected chi connectivity index (χ4v) is 1.87. The number of rotatable bonds is 2. The van der Waals surface area contributed by atoms with Crippen LogP contribution in [0.3, 0.4) is 0 Å². The number of carbonyl (C=O) groups is 1. The molecule has 1 amide bonds. The van der Waals surface area contributed by atoms with Crippen LogP contribution in [0.15, 0.2) is 48.6 Å². The zero-order chi connectivity index (χ0) is 9.97. The van der Waals surface area contributed by atoms with E-state index in [0.717, 1.165) is 0 Å².